The highest BCUT2D eigenvalue weighted by Gasteiger charge is 2.15. The predicted octanol–water partition coefficient (Wildman–Crippen LogP) is 7.27. The van der Waals surface area contributed by atoms with Gasteiger partial charge in [-0.3, -0.25) is 0 Å². The van der Waals surface area contributed by atoms with E-state index in [-0.39, 0.29) is 0 Å². The number of thiophene rings is 1. The molecule has 0 unspecified atom stereocenters. The van der Waals surface area contributed by atoms with Gasteiger partial charge in [-0.1, -0.05) is 52.6 Å². The second-order valence-corrected chi connectivity index (χ2v) is 8.01. The van der Waals surface area contributed by atoms with E-state index in [9.17, 15) is 0 Å². The SMILES string of the molecule is CCc1cc2c(cc1Br)sc1c(CC)c(Br)c(CC)cc12. The standard InChI is InChI=1S/C18H18Br2S/c1-4-10-7-13-14-8-11(5-2)17(20)12(6-3)18(14)21-16(13)9-15(10)19/h7-9H,4-6H2,1-3H3. The van der Waals surface area contributed by atoms with Gasteiger partial charge in [0.1, 0.15) is 0 Å². The van der Waals surface area contributed by atoms with Crippen LogP contribution in [0.4, 0.5) is 0 Å². The first-order valence-corrected chi connectivity index (χ1v) is 9.85. The van der Waals surface area contributed by atoms with E-state index in [0.29, 0.717) is 0 Å². The Morgan fingerprint density at radius 2 is 1.52 bits per heavy atom. The Kier molecular flexibility index (Phi) is 4.45. The van der Waals surface area contributed by atoms with E-state index < -0.39 is 0 Å². The van der Waals surface area contributed by atoms with Crippen molar-refractivity contribution in [2.24, 2.45) is 0 Å². The average Bonchev–Trinajstić information content (AvgIpc) is 2.82. The van der Waals surface area contributed by atoms with Crippen molar-refractivity contribution in [3.63, 3.8) is 0 Å². The van der Waals surface area contributed by atoms with Crippen molar-refractivity contribution < 1.29 is 0 Å². The summed E-state index contributed by atoms with van der Waals surface area (Å²) in [6.07, 6.45) is 3.20. The molecule has 0 aliphatic heterocycles. The minimum absolute atomic E-state index is 1.06. The minimum Gasteiger partial charge on any atom is -0.135 e. The number of benzene rings is 2. The van der Waals surface area contributed by atoms with Gasteiger partial charge in [-0.05, 0) is 54.2 Å². The number of halogens is 2. The Hall–Kier alpha value is -0.380. The van der Waals surface area contributed by atoms with Crippen LogP contribution < -0.4 is 0 Å². The maximum absolute atomic E-state index is 3.82. The summed E-state index contributed by atoms with van der Waals surface area (Å²) in [6, 6.07) is 7.04. The molecule has 0 aliphatic rings. The van der Waals surface area contributed by atoms with Crippen LogP contribution in [0.5, 0.6) is 0 Å². The number of hydrogen-bond acceptors (Lipinski definition) is 1. The summed E-state index contributed by atoms with van der Waals surface area (Å²) < 4.78 is 5.36. The van der Waals surface area contributed by atoms with Crippen molar-refractivity contribution in [2.75, 3.05) is 0 Å². The zero-order chi connectivity index (χ0) is 15.1. The van der Waals surface area contributed by atoms with Crippen LogP contribution in [0.3, 0.4) is 0 Å². The molecule has 0 atom stereocenters. The van der Waals surface area contributed by atoms with E-state index in [1.807, 2.05) is 11.3 Å². The number of hydrogen-bond donors (Lipinski definition) is 0. The van der Waals surface area contributed by atoms with Crippen molar-refractivity contribution >= 4 is 63.4 Å². The van der Waals surface area contributed by atoms with E-state index in [1.54, 1.807) is 0 Å². The normalized spacial score (nSPS) is 11.7. The monoisotopic (exact) mass is 424 g/mol. The van der Waals surface area contributed by atoms with Gasteiger partial charge in [0, 0.05) is 29.1 Å². The van der Waals surface area contributed by atoms with Gasteiger partial charge in [0.2, 0.25) is 0 Å². The molecular formula is C18H18Br2S. The van der Waals surface area contributed by atoms with Crippen LogP contribution >= 0.6 is 43.2 Å². The highest BCUT2D eigenvalue weighted by atomic mass is 79.9. The largest absolute Gasteiger partial charge is 0.135 e. The molecule has 0 nitrogen and oxygen atoms in total. The predicted molar refractivity (Wildman–Crippen MR) is 103 cm³/mol. The zero-order valence-corrected chi connectivity index (χ0v) is 16.5. The molecule has 1 heterocycles. The Morgan fingerprint density at radius 3 is 2.14 bits per heavy atom. The summed E-state index contributed by atoms with van der Waals surface area (Å²) >= 11 is 9.45. The molecule has 21 heavy (non-hydrogen) atoms. The summed E-state index contributed by atoms with van der Waals surface area (Å²) in [7, 11) is 0. The summed E-state index contributed by atoms with van der Waals surface area (Å²) in [5.74, 6) is 0. The van der Waals surface area contributed by atoms with Crippen LogP contribution in [0.1, 0.15) is 37.5 Å². The molecule has 110 valence electrons. The molecule has 0 N–H and O–H groups in total. The molecule has 0 saturated heterocycles. The van der Waals surface area contributed by atoms with Crippen molar-refractivity contribution in [3.05, 3.63) is 43.8 Å². The van der Waals surface area contributed by atoms with Crippen LogP contribution in [-0.4, -0.2) is 0 Å². The fourth-order valence-corrected chi connectivity index (χ4v) is 6.03. The second-order valence-electron chi connectivity index (χ2n) is 5.31. The molecule has 0 spiro atoms. The van der Waals surface area contributed by atoms with Gasteiger partial charge in [0.15, 0.2) is 0 Å². The molecule has 1 aromatic heterocycles. The molecule has 0 fully saturated rings. The smallest absolute Gasteiger partial charge is 0.0398 e. The van der Waals surface area contributed by atoms with Gasteiger partial charge in [-0.15, -0.1) is 11.3 Å². The lowest BCUT2D eigenvalue weighted by atomic mass is 10.0. The van der Waals surface area contributed by atoms with Gasteiger partial charge < -0.3 is 0 Å². The molecule has 3 aromatic rings. The molecule has 0 bridgehead atoms. The van der Waals surface area contributed by atoms with E-state index in [2.05, 4.69) is 70.8 Å². The van der Waals surface area contributed by atoms with E-state index in [0.717, 1.165) is 19.3 Å². The molecule has 0 amide bonds. The Labute approximate surface area is 146 Å². The van der Waals surface area contributed by atoms with Crippen molar-refractivity contribution in [3.8, 4) is 0 Å². The average molecular weight is 426 g/mol. The zero-order valence-electron chi connectivity index (χ0n) is 12.5. The maximum atomic E-state index is 3.82. The van der Waals surface area contributed by atoms with Crippen molar-refractivity contribution in [1.29, 1.82) is 0 Å². The van der Waals surface area contributed by atoms with E-state index in [4.69, 9.17) is 0 Å². The van der Waals surface area contributed by atoms with Gasteiger partial charge in [-0.2, -0.15) is 0 Å². The number of rotatable bonds is 3. The number of aryl methyl sites for hydroxylation is 3. The molecule has 0 saturated carbocycles. The molecule has 0 aliphatic carbocycles. The highest BCUT2D eigenvalue weighted by Crippen LogP contribution is 2.42. The first kappa shape index (κ1) is 15.5. The topological polar surface area (TPSA) is 0 Å². The van der Waals surface area contributed by atoms with Crippen LogP contribution in [-0.2, 0) is 19.3 Å². The second kappa shape index (κ2) is 6.02. The van der Waals surface area contributed by atoms with Crippen LogP contribution in [0.15, 0.2) is 27.1 Å². The van der Waals surface area contributed by atoms with Gasteiger partial charge >= 0.3 is 0 Å². The summed E-state index contributed by atoms with van der Waals surface area (Å²) in [5, 5.41) is 2.83. The molecule has 2 aromatic carbocycles. The first-order valence-electron chi connectivity index (χ1n) is 7.45. The fraction of sp³-hybridized carbons (Fsp3) is 0.333. The van der Waals surface area contributed by atoms with Gasteiger partial charge in [-0.25, -0.2) is 0 Å². The van der Waals surface area contributed by atoms with Crippen LogP contribution in [0.2, 0.25) is 0 Å². The minimum atomic E-state index is 1.06. The third-order valence-electron chi connectivity index (χ3n) is 4.15. The van der Waals surface area contributed by atoms with E-state index in [1.165, 1.54) is 45.8 Å². The molecular weight excluding hydrogens is 408 g/mol. The van der Waals surface area contributed by atoms with Crippen molar-refractivity contribution in [2.45, 2.75) is 40.0 Å². The van der Waals surface area contributed by atoms with E-state index >= 15 is 0 Å². The fourth-order valence-electron chi connectivity index (χ4n) is 2.92. The lowest BCUT2D eigenvalue weighted by molar-refractivity contribution is 1.09. The summed E-state index contributed by atoms with van der Waals surface area (Å²) in [6.45, 7) is 6.69. The Balaban J connectivity index is 2.47. The van der Waals surface area contributed by atoms with Crippen molar-refractivity contribution in [1.82, 2.24) is 0 Å². The van der Waals surface area contributed by atoms with Crippen LogP contribution in [0, 0.1) is 0 Å². The lowest BCUT2D eigenvalue weighted by Gasteiger charge is -2.09. The summed E-state index contributed by atoms with van der Waals surface area (Å²) in [5.41, 5.74) is 4.26. The molecule has 3 heteroatoms. The third kappa shape index (κ3) is 2.47. The maximum Gasteiger partial charge on any atom is 0.0398 e. The first-order chi connectivity index (χ1) is 10.1. The molecule has 3 rings (SSSR count). The third-order valence-corrected chi connectivity index (χ3v) is 7.10. The van der Waals surface area contributed by atoms with Gasteiger partial charge in [0.25, 0.3) is 0 Å². The van der Waals surface area contributed by atoms with Crippen LogP contribution in [0.25, 0.3) is 20.2 Å². The quantitative estimate of drug-likeness (QED) is 0.413. The highest BCUT2D eigenvalue weighted by molar-refractivity contribution is 9.10. The summed E-state index contributed by atoms with van der Waals surface area (Å²) in [4.78, 5) is 0. The Bertz CT molecular complexity index is 830. The van der Waals surface area contributed by atoms with Gasteiger partial charge in [0.05, 0.1) is 0 Å². The Morgan fingerprint density at radius 1 is 0.857 bits per heavy atom. The number of fused-ring (bicyclic) bond motifs is 3. The lowest BCUT2D eigenvalue weighted by Crippen LogP contribution is -1.90. The molecule has 0 radical (unpaired) electrons.